The van der Waals surface area contributed by atoms with Gasteiger partial charge in [-0.3, -0.25) is 9.97 Å². The van der Waals surface area contributed by atoms with Crippen LogP contribution in [0.15, 0.2) is 49.4 Å². The Morgan fingerprint density at radius 3 is 2.75 bits per heavy atom. The Morgan fingerprint density at radius 1 is 1.11 bits per heavy atom. The highest BCUT2D eigenvalue weighted by atomic mass is 32.2. The molecule has 4 aromatic rings. The zero-order chi connectivity index (χ0) is 25.2. The van der Waals surface area contributed by atoms with E-state index in [2.05, 4.69) is 49.1 Å². The van der Waals surface area contributed by atoms with Gasteiger partial charge in [-0.15, -0.1) is 0 Å². The molecule has 2 aromatic heterocycles. The highest BCUT2D eigenvalue weighted by molar-refractivity contribution is 7.99. The van der Waals surface area contributed by atoms with Gasteiger partial charge in [-0.25, -0.2) is 9.37 Å². The molecule has 0 unspecified atom stereocenters. The number of nitrogens with one attached hydrogen (secondary N) is 2. The predicted octanol–water partition coefficient (Wildman–Crippen LogP) is 5.39. The van der Waals surface area contributed by atoms with Crippen molar-refractivity contribution in [3.05, 3.63) is 71.9 Å². The van der Waals surface area contributed by atoms with Gasteiger partial charge in [-0.05, 0) is 48.9 Å². The number of aromatic nitrogens is 4. The molecule has 2 N–H and O–H groups in total. The van der Waals surface area contributed by atoms with Crippen molar-refractivity contribution in [1.82, 2.24) is 24.8 Å². The Kier molecular flexibility index (Phi) is 6.71. The fourth-order valence-corrected chi connectivity index (χ4v) is 4.67. The summed E-state index contributed by atoms with van der Waals surface area (Å²) in [4.78, 5) is 20.3. The van der Waals surface area contributed by atoms with Gasteiger partial charge < -0.3 is 19.8 Å². The lowest BCUT2D eigenvalue weighted by molar-refractivity contribution is 0.312. The minimum atomic E-state index is -0.318. The molecule has 184 valence electrons. The number of halogens is 1. The smallest absolute Gasteiger partial charge is 0.229 e. The van der Waals surface area contributed by atoms with Gasteiger partial charge in [0.15, 0.2) is 0 Å². The maximum atomic E-state index is 14.9. The molecule has 0 radical (unpaired) electrons. The van der Waals surface area contributed by atoms with E-state index in [1.54, 1.807) is 42.7 Å². The number of benzene rings is 2. The fourth-order valence-electron chi connectivity index (χ4n) is 4.30. The van der Waals surface area contributed by atoms with Gasteiger partial charge in [0.1, 0.15) is 17.2 Å². The summed E-state index contributed by atoms with van der Waals surface area (Å²) in [7, 11) is 4.03. The van der Waals surface area contributed by atoms with E-state index in [-0.39, 0.29) is 11.8 Å². The van der Waals surface area contributed by atoms with Crippen molar-refractivity contribution in [2.75, 3.05) is 41.8 Å². The Balaban J connectivity index is 1.50. The maximum absolute atomic E-state index is 14.9. The van der Waals surface area contributed by atoms with Crippen LogP contribution in [0.5, 0.6) is 0 Å². The monoisotopic (exact) mass is 502 g/mol. The number of nitrogens with zero attached hydrogens (tertiary/aromatic N) is 6. The molecule has 0 fully saturated rings. The Morgan fingerprint density at radius 2 is 1.94 bits per heavy atom. The SMILES string of the molecule is C=Cc1cnc(Nc2cc3c(cc2F)CCN(C)C3)nc1Nc1ccc2nccnc2c1N(C)SC. The van der Waals surface area contributed by atoms with Crippen LogP contribution in [0.3, 0.4) is 0 Å². The molecule has 1 aliphatic heterocycles. The van der Waals surface area contributed by atoms with Crippen LogP contribution in [0.2, 0.25) is 0 Å². The zero-order valence-corrected chi connectivity index (χ0v) is 21.2. The van der Waals surface area contributed by atoms with E-state index in [1.807, 2.05) is 35.8 Å². The molecule has 0 saturated carbocycles. The minimum absolute atomic E-state index is 0.284. The molecule has 2 aromatic carbocycles. The van der Waals surface area contributed by atoms with Crippen molar-refractivity contribution >= 4 is 57.9 Å². The summed E-state index contributed by atoms with van der Waals surface area (Å²) in [5, 5.41) is 6.48. The third-order valence-corrected chi connectivity index (χ3v) is 6.96. The van der Waals surface area contributed by atoms with Crippen molar-refractivity contribution in [3.8, 4) is 0 Å². The summed E-state index contributed by atoms with van der Waals surface area (Å²) < 4.78 is 16.9. The molecule has 8 nitrogen and oxygen atoms in total. The quantitative estimate of drug-likeness (QED) is 0.323. The molecule has 0 atom stereocenters. The Bertz CT molecular complexity index is 1440. The topological polar surface area (TPSA) is 82.1 Å². The predicted molar refractivity (Wildman–Crippen MR) is 147 cm³/mol. The number of hydrogen-bond acceptors (Lipinski definition) is 9. The van der Waals surface area contributed by atoms with Crippen LogP contribution in [0.1, 0.15) is 16.7 Å². The van der Waals surface area contributed by atoms with Crippen molar-refractivity contribution in [2.24, 2.45) is 0 Å². The first-order valence-electron chi connectivity index (χ1n) is 11.5. The van der Waals surface area contributed by atoms with Gasteiger partial charge in [-0.2, -0.15) is 4.98 Å². The van der Waals surface area contributed by atoms with E-state index < -0.39 is 0 Å². The van der Waals surface area contributed by atoms with E-state index in [0.717, 1.165) is 53.0 Å². The summed E-state index contributed by atoms with van der Waals surface area (Å²) in [6.07, 6.45) is 9.52. The van der Waals surface area contributed by atoms with Gasteiger partial charge in [0.25, 0.3) is 0 Å². The second kappa shape index (κ2) is 10.1. The lowest BCUT2D eigenvalue weighted by Crippen LogP contribution is -2.26. The molecule has 0 spiro atoms. The first kappa shape index (κ1) is 24.0. The van der Waals surface area contributed by atoms with E-state index in [4.69, 9.17) is 0 Å². The average Bonchev–Trinajstić information content (AvgIpc) is 2.89. The molecular weight excluding hydrogens is 475 g/mol. The van der Waals surface area contributed by atoms with Crippen LogP contribution < -0.4 is 14.9 Å². The van der Waals surface area contributed by atoms with Crippen LogP contribution >= 0.6 is 11.9 Å². The fraction of sp³-hybridized carbons (Fsp3) is 0.231. The lowest BCUT2D eigenvalue weighted by Gasteiger charge is -2.25. The molecule has 0 saturated heterocycles. The third-order valence-electron chi connectivity index (χ3n) is 6.23. The first-order valence-corrected chi connectivity index (χ1v) is 12.7. The summed E-state index contributed by atoms with van der Waals surface area (Å²) in [5.41, 5.74) is 6.46. The van der Waals surface area contributed by atoms with Crippen LogP contribution in [-0.4, -0.2) is 51.7 Å². The molecule has 0 bridgehead atoms. The van der Waals surface area contributed by atoms with Crippen molar-refractivity contribution in [1.29, 1.82) is 0 Å². The number of rotatable bonds is 7. The maximum Gasteiger partial charge on any atom is 0.229 e. The molecule has 3 heterocycles. The standard InChI is InChI=1S/C26H27FN8S/c1-5-16-14-30-26(32-22-13-18-15-34(2)11-8-17(18)12-19(22)27)33-25(16)31-21-7-6-20-23(29-10-9-28-20)24(21)35(3)36-4/h5-7,9-10,12-14H,1,8,11,15H2,2-4H3,(H2,30,31,32,33). The molecule has 1 aliphatic rings. The van der Waals surface area contributed by atoms with E-state index >= 15 is 0 Å². The number of anilines is 5. The van der Waals surface area contributed by atoms with E-state index in [9.17, 15) is 4.39 Å². The van der Waals surface area contributed by atoms with Gasteiger partial charge in [0.2, 0.25) is 5.95 Å². The largest absolute Gasteiger partial charge is 0.338 e. The Labute approximate surface area is 213 Å². The summed E-state index contributed by atoms with van der Waals surface area (Å²) in [6, 6.07) is 7.32. The average molecular weight is 503 g/mol. The summed E-state index contributed by atoms with van der Waals surface area (Å²) in [6.45, 7) is 5.60. The minimum Gasteiger partial charge on any atom is -0.338 e. The molecule has 10 heteroatoms. The number of hydrogen-bond donors (Lipinski definition) is 2. The highest BCUT2D eigenvalue weighted by Gasteiger charge is 2.18. The third kappa shape index (κ3) is 4.69. The lowest BCUT2D eigenvalue weighted by atomic mass is 9.99. The number of likely N-dealkylation sites (N-methyl/N-ethyl adjacent to an activating group) is 1. The van der Waals surface area contributed by atoms with Crippen molar-refractivity contribution < 1.29 is 4.39 Å². The first-order chi connectivity index (χ1) is 17.5. The normalized spacial score (nSPS) is 13.3. The van der Waals surface area contributed by atoms with E-state index in [0.29, 0.717) is 17.1 Å². The van der Waals surface area contributed by atoms with Gasteiger partial charge >= 0.3 is 0 Å². The van der Waals surface area contributed by atoms with Crippen molar-refractivity contribution in [3.63, 3.8) is 0 Å². The summed E-state index contributed by atoms with van der Waals surface area (Å²) in [5.74, 6) is 0.507. The van der Waals surface area contributed by atoms with Crippen molar-refractivity contribution in [2.45, 2.75) is 13.0 Å². The molecule has 0 aliphatic carbocycles. The number of fused-ring (bicyclic) bond motifs is 2. The molecule has 0 amide bonds. The van der Waals surface area contributed by atoms with Crippen LogP contribution in [-0.2, 0) is 13.0 Å². The van der Waals surface area contributed by atoms with Crippen LogP contribution in [0.25, 0.3) is 17.1 Å². The summed E-state index contributed by atoms with van der Waals surface area (Å²) >= 11 is 1.56. The van der Waals surface area contributed by atoms with Gasteiger partial charge in [0, 0.05) is 50.5 Å². The molecule has 5 rings (SSSR count). The second-order valence-electron chi connectivity index (χ2n) is 8.61. The zero-order valence-electron chi connectivity index (χ0n) is 20.4. The van der Waals surface area contributed by atoms with Crippen LogP contribution in [0, 0.1) is 5.82 Å². The van der Waals surface area contributed by atoms with Crippen LogP contribution in [0.4, 0.5) is 33.2 Å². The Hall–Kier alpha value is -3.76. The molecular formula is C26H27FN8S. The highest BCUT2D eigenvalue weighted by Crippen LogP contribution is 2.37. The van der Waals surface area contributed by atoms with E-state index in [1.165, 1.54) is 0 Å². The molecule has 36 heavy (non-hydrogen) atoms. The van der Waals surface area contributed by atoms with Gasteiger partial charge in [0.05, 0.1) is 22.6 Å². The van der Waals surface area contributed by atoms with Gasteiger partial charge in [-0.1, -0.05) is 24.6 Å². The second-order valence-corrected chi connectivity index (χ2v) is 9.52.